The molecule has 5 heteroatoms. The van der Waals surface area contributed by atoms with Gasteiger partial charge in [0.2, 0.25) is 0 Å². The minimum atomic E-state index is -0.459. The van der Waals surface area contributed by atoms with Gasteiger partial charge in [-0.2, -0.15) is 0 Å². The van der Waals surface area contributed by atoms with Crippen molar-refractivity contribution >= 4 is 11.4 Å². The first-order chi connectivity index (χ1) is 9.10. The Hall–Kier alpha value is -2.17. The zero-order valence-electron chi connectivity index (χ0n) is 11.0. The van der Waals surface area contributed by atoms with Gasteiger partial charge in [0.1, 0.15) is 11.5 Å². The lowest BCUT2D eigenvalue weighted by Crippen LogP contribution is -2.04. The summed E-state index contributed by atoms with van der Waals surface area (Å²) in [5.41, 5.74) is 6.73. The van der Waals surface area contributed by atoms with Crippen LogP contribution in [0.1, 0.15) is 18.4 Å². The Labute approximate surface area is 111 Å². The van der Waals surface area contributed by atoms with E-state index in [4.69, 9.17) is 14.9 Å². The summed E-state index contributed by atoms with van der Waals surface area (Å²) in [7, 11) is 0. The fourth-order valence-corrected chi connectivity index (χ4v) is 1.75. The van der Waals surface area contributed by atoms with Crippen LogP contribution in [0, 0.1) is 12.7 Å². The molecular formula is C14H17FN2O2. The second-order valence-corrected chi connectivity index (χ2v) is 4.17. The molecule has 0 saturated heterocycles. The fraction of sp³-hybridized carbons (Fsp3) is 0.286. The summed E-state index contributed by atoms with van der Waals surface area (Å²) >= 11 is 0. The summed E-state index contributed by atoms with van der Waals surface area (Å²) in [6, 6.07) is 6.58. The second-order valence-electron chi connectivity index (χ2n) is 4.17. The average Bonchev–Trinajstić information content (AvgIpc) is 2.77. The van der Waals surface area contributed by atoms with Crippen molar-refractivity contribution in [3.63, 3.8) is 0 Å². The van der Waals surface area contributed by atoms with E-state index in [1.807, 2.05) is 19.1 Å². The van der Waals surface area contributed by atoms with Crippen LogP contribution in [0.15, 0.2) is 28.7 Å². The van der Waals surface area contributed by atoms with Gasteiger partial charge in [-0.3, -0.25) is 0 Å². The van der Waals surface area contributed by atoms with Gasteiger partial charge in [-0.15, -0.1) is 0 Å². The van der Waals surface area contributed by atoms with Crippen molar-refractivity contribution in [1.29, 1.82) is 0 Å². The highest BCUT2D eigenvalue weighted by molar-refractivity contribution is 5.68. The summed E-state index contributed by atoms with van der Waals surface area (Å²) in [6.07, 6.45) is 0. The highest BCUT2D eigenvalue weighted by atomic mass is 19.1. The molecule has 0 aliphatic carbocycles. The molecule has 4 nitrogen and oxygen atoms in total. The van der Waals surface area contributed by atoms with Crippen LogP contribution in [-0.4, -0.2) is 6.61 Å². The van der Waals surface area contributed by atoms with E-state index in [1.165, 1.54) is 6.07 Å². The number of furan rings is 1. The molecule has 3 N–H and O–H groups in total. The quantitative estimate of drug-likeness (QED) is 0.813. The smallest absolute Gasteiger partial charge is 0.167 e. The van der Waals surface area contributed by atoms with E-state index in [1.54, 1.807) is 13.0 Å². The molecule has 19 heavy (non-hydrogen) atoms. The Morgan fingerprint density at radius 1 is 1.37 bits per heavy atom. The Morgan fingerprint density at radius 2 is 2.16 bits per heavy atom. The molecule has 2 rings (SSSR count). The summed E-state index contributed by atoms with van der Waals surface area (Å²) in [5.74, 6) is 1.37. The molecule has 1 aromatic carbocycles. The molecule has 1 aromatic heterocycles. The first-order valence-corrected chi connectivity index (χ1v) is 6.11. The molecule has 0 radical (unpaired) electrons. The molecule has 0 aliphatic heterocycles. The largest absolute Gasteiger partial charge is 0.491 e. The predicted octanol–water partition coefficient (Wildman–Crippen LogP) is 3.32. The fourth-order valence-electron chi connectivity index (χ4n) is 1.75. The number of nitrogens with two attached hydrogens (primary N) is 1. The second kappa shape index (κ2) is 5.65. The number of anilines is 2. The Balaban J connectivity index is 2.13. The number of rotatable bonds is 5. The van der Waals surface area contributed by atoms with E-state index in [0.717, 1.165) is 11.5 Å². The zero-order chi connectivity index (χ0) is 13.8. The van der Waals surface area contributed by atoms with E-state index < -0.39 is 5.82 Å². The standard InChI is InChI=1S/C14H17FN2O2/c1-3-18-14-7-13(12(16)6-11(14)15)17-8-10-5-4-9(2)19-10/h4-7,17H,3,8,16H2,1-2H3. The van der Waals surface area contributed by atoms with Crippen molar-refractivity contribution in [2.75, 3.05) is 17.7 Å². The van der Waals surface area contributed by atoms with Gasteiger partial charge in [0.15, 0.2) is 11.6 Å². The van der Waals surface area contributed by atoms with Gasteiger partial charge >= 0.3 is 0 Å². The zero-order valence-corrected chi connectivity index (χ0v) is 11.0. The molecule has 0 unspecified atom stereocenters. The minimum absolute atomic E-state index is 0.190. The van der Waals surface area contributed by atoms with Gasteiger partial charge in [-0.25, -0.2) is 4.39 Å². The highest BCUT2D eigenvalue weighted by Gasteiger charge is 2.09. The molecule has 0 saturated carbocycles. The molecule has 0 spiro atoms. The van der Waals surface area contributed by atoms with Gasteiger partial charge in [-0.1, -0.05) is 0 Å². The van der Waals surface area contributed by atoms with Crippen LogP contribution in [0.4, 0.5) is 15.8 Å². The third-order valence-electron chi connectivity index (χ3n) is 2.65. The third kappa shape index (κ3) is 3.19. The molecule has 102 valence electrons. The van der Waals surface area contributed by atoms with Gasteiger partial charge in [0.05, 0.1) is 24.5 Å². The van der Waals surface area contributed by atoms with Gasteiger partial charge < -0.3 is 20.2 Å². The number of nitrogen functional groups attached to an aromatic ring is 1. The molecule has 2 aromatic rings. The lowest BCUT2D eigenvalue weighted by Gasteiger charge is -2.11. The van der Waals surface area contributed by atoms with Crippen LogP contribution in [0.25, 0.3) is 0 Å². The Morgan fingerprint density at radius 3 is 2.79 bits per heavy atom. The summed E-state index contributed by atoms with van der Waals surface area (Å²) in [4.78, 5) is 0. The van der Waals surface area contributed by atoms with Crippen LogP contribution in [-0.2, 0) is 6.54 Å². The maximum atomic E-state index is 13.5. The Bertz CT molecular complexity index is 567. The van der Waals surface area contributed by atoms with Gasteiger partial charge in [-0.05, 0) is 26.0 Å². The molecular weight excluding hydrogens is 247 g/mol. The van der Waals surface area contributed by atoms with Gasteiger partial charge in [0, 0.05) is 12.1 Å². The predicted molar refractivity (Wildman–Crippen MR) is 72.8 cm³/mol. The van der Waals surface area contributed by atoms with Crippen molar-refractivity contribution < 1.29 is 13.5 Å². The van der Waals surface area contributed by atoms with Crippen LogP contribution in [0.5, 0.6) is 5.75 Å². The molecule has 0 atom stereocenters. The van der Waals surface area contributed by atoms with Crippen molar-refractivity contribution in [3.05, 3.63) is 41.6 Å². The number of nitrogens with one attached hydrogen (secondary N) is 1. The van der Waals surface area contributed by atoms with Crippen LogP contribution >= 0.6 is 0 Å². The average molecular weight is 264 g/mol. The van der Waals surface area contributed by atoms with E-state index >= 15 is 0 Å². The SMILES string of the molecule is CCOc1cc(NCc2ccc(C)o2)c(N)cc1F. The summed E-state index contributed by atoms with van der Waals surface area (Å²) < 4.78 is 24.2. The number of halogens is 1. The van der Waals surface area contributed by atoms with Crippen LogP contribution in [0.3, 0.4) is 0 Å². The first kappa shape index (κ1) is 13.3. The summed E-state index contributed by atoms with van der Waals surface area (Å²) in [5, 5.41) is 3.10. The maximum absolute atomic E-state index is 13.5. The van der Waals surface area contributed by atoms with Crippen molar-refractivity contribution in [2.45, 2.75) is 20.4 Å². The van der Waals surface area contributed by atoms with Crippen LogP contribution < -0.4 is 15.8 Å². The third-order valence-corrected chi connectivity index (χ3v) is 2.65. The van der Waals surface area contributed by atoms with E-state index in [2.05, 4.69) is 5.32 Å². The minimum Gasteiger partial charge on any atom is -0.491 e. The van der Waals surface area contributed by atoms with Crippen molar-refractivity contribution in [2.24, 2.45) is 0 Å². The van der Waals surface area contributed by atoms with Gasteiger partial charge in [0.25, 0.3) is 0 Å². The number of hydrogen-bond acceptors (Lipinski definition) is 4. The monoisotopic (exact) mass is 264 g/mol. The van der Waals surface area contributed by atoms with E-state index in [9.17, 15) is 4.39 Å². The first-order valence-electron chi connectivity index (χ1n) is 6.11. The topological polar surface area (TPSA) is 60.4 Å². The molecule has 0 fully saturated rings. The van der Waals surface area contributed by atoms with Crippen LogP contribution in [0.2, 0.25) is 0 Å². The Kier molecular flexibility index (Phi) is 3.94. The number of benzene rings is 1. The normalized spacial score (nSPS) is 10.5. The molecule has 1 heterocycles. The van der Waals surface area contributed by atoms with Crippen molar-refractivity contribution in [3.8, 4) is 5.75 Å². The molecule has 0 aliphatic rings. The van der Waals surface area contributed by atoms with E-state index in [-0.39, 0.29) is 5.75 Å². The lowest BCUT2D eigenvalue weighted by molar-refractivity contribution is 0.322. The van der Waals surface area contributed by atoms with Crippen molar-refractivity contribution in [1.82, 2.24) is 0 Å². The number of aryl methyl sites for hydroxylation is 1. The summed E-state index contributed by atoms with van der Waals surface area (Å²) in [6.45, 7) is 4.56. The number of ether oxygens (including phenoxy) is 1. The molecule has 0 bridgehead atoms. The molecule has 0 amide bonds. The highest BCUT2D eigenvalue weighted by Crippen LogP contribution is 2.28. The maximum Gasteiger partial charge on any atom is 0.167 e. The van der Waals surface area contributed by atoms with E-state index in [0.29, 0.717) is 24.5 Å². The number of hydrogen-bond donors (Lipinski definition) is 2. The lowest BCUT2D eigenvalue weighted by atomic mass is 10.2.